The molecule has 4 heteroatoms. The molecular weight excluding hydrogens is 244 g/mol. The van der Waals surface area contributed by atoms with Crippen molar-refractivity contribution in [3.05, 3.63) is 0 Å². The molecule has 0 spiro atoms. The molecule has 0 amide bonds. The van der Waals surface area contributed by atoms with E-state index >= 15 is 0 Å². The second-order valence-corrected chi connectivity index (χ2v) is 5.45. The van der Waals surface area contributed by atoms with Gasteiger partial charge < -0.3 is 19.3 Å². The average Bonchev–Trinajstić information content (AvgIpc) is 3.27. The van der Waals surface area contributed by atoms with Crippen LogP contribution in [0.1, 0.15) is 52.4 Å². The molecule has 0 aromatic rings. The summed E-state index contributed by atoms with van der Waals surface area (Å²) in [6, 6.07) is 0. The van der Waals surface area contributed by atoms with Gasteiger partial charge in [-0.25, -0.2) is 0 Å². The Hall–Kier alpha value is -0.160. The molecule has 114 valence electrons. The fourth-order valence-electron chi connectivity index (χ4n) is 1.74. The minimum atomic E-state index is 0.0359. The standard InChI is InChI=1S/C6H10O3.C6H12O.C3H8/c1(5-3-8-5)7-2-6-4-9-6;7-6-4-2-1-3-5-6;1-3-2/h5-6H,1-4H2;6-7H,1-5H2;3H2,1-2H3. The third-order valence-electron chi connectivity index (χ3n) is 2.99. The maximum Gasteiger partial charge on any atom is 0.104 e. The molecule has 2 unspecified atom stereocenters. The molecule has 19 heavy (non-hydrogen) atoms. The van der Waals surface area contributed by atoms with Crippen molar-refractivity contribution in [3.8, 4) is 0 Å². The van der Waals surface area contributed by atoms with Crippen LogP contribution in [0.15, 0.2) is 0 Å². The van der Waals surface area contributed by atoms with Gasteiger partial charge in [0.1, 0.15) is 12.2 Å². The van der Waals surface area contributed by atoms with Gasteiger partial charge in [0.25, 0.3) is 0 Å². The van der Waals surface area contributed by atoms with E-state index in [1.807, 2.05) is 0 Å². The zero-order valence-corrected chi connectivity index (χ0v) is 12.5. The highest BCUT2D eigenvalue weighted by Gasteiger charge is 2.26. The molecule has 4 nitrogen and oxygen atoms in total. The van der Waals surface area contributed by atoms with Crippen LogP contribution in [0.4, 0.5) is 0 Å². The van der Waals surface area contributed by atoms with Crippen LogP contribution in [0.25, 0.3) is 0 Å². The average molecular weight is 274 g/mol. The summed E-state index contributed by atoms with van der Waals surface area (Å²) in [6.07, 6.45) is 7.96. The van der Waals surface area contributed by atoms with Gasteiger partial charge in [-0.05, 0) is 12.8 Å². The summed E-state index contributed by atoms with van der Waals surface area (Å²) in [5.74, 6) is 0. The summed E-state index contributed by atoms with van der Waals surface area (Å²) in [6.45, 7) is 7.51. The van der Waals surface area contributed by atoms with Crippen LogP contribution in [0.3, 0.4) is 0 Å². The van der Waals surface area contributed by atoms with Gasteiger partial charge in [-0.1, -0.05) is 39.5 Å². The fraction of sp³-hybridized carbons (Fsp3) is 1.00. The van der Waals surface area contributed by atoms with Crippen LogP contribution in [-0.2, 0) is 14.2 Å². The SMILES string of the molecule is C(OCC1CO1)C1CO1.CCC.OC1CCCCC1. The lowest BCUT2D eigenvalue weighted by molar-refractivity contribution is 0.102. The third kappa shape index (κ3) is 11.4. The van der Waals surface area contributed by atoms with Crippen molar-refractivity contribution < 1.29 is 19.3 Å². The Labute approximate surface area is 117 Å². The summed E-state index contributed by atoms with van der Waals surface area (Å²) < 4.78 is 15.1. The lowest BCUT2D eigenvalue weighted by atomic mass is 9.98. The highest BCUT2D eigenvalue weighted by molar-refractivity contribution is 4.71. The van der Waals surface area contributed by atoms with Crippen LogP contribution >= 0.6 is 0 Å². The first-order valence-corrected chi connectivity index (χ1v) is 7.75. The van der Waals surface area contributed by atoms with Crippen molar-refractivity contribution in [1.29, 1.82) is 0 Å². The van der Waals surface area contributed by atoms with Crippen LogP contribution in [-0.4, -0.2) is 49.8 Å². The predicted octanol–water partition coefficient (Wildman–Crippen LogP) is 2.53. The molecule has 3 rings (SSSR count). The zero-order chi connectivity index (χ0) is 13.9. The van der Waals surface area contributed by atoms with E-state index in [0.717, 1.165) is 39.3 Å². The minimum Gasteiger partial charge on any atom is -0.393 e. The summed E-state index contributed by atoms with van der Waals surface area (Å²) in [5.41, 5.74) is 0. The van der Waals surface area contributed by atoms with Gasteiger partial charge in [-0.15, -0.1) is 0 Å². The quantitative estimate of drug-likeness (QED) is 0.800. The number of hydrogen-bond acceptors (Lipinski definition) is 4. The second-order valence-electron chi connectivity index (χ2n) is 5.45. The first-order chi connectivity index (χ1) is 9.26. The van der Waals surface area contributed by atoms with Crippen LogP contribution < -0.4 is 0 Å². The lowest BCUT2D eigenvalue weighted by Gasteiger charge is -2.14. The largest absolute Gasteiger partial charge is 0.393 e. The number of aliphatic hydroxyl groups is 1. The number of ether oxygens (including phenoxy) is 3. The van der Waals surface area contributed by atoms with E-state index in [4.69, 9.17) is 19.3 Å². The summed E-state index contributed by atoms with van der Waals surface area (Å²) >= 11 is 0. The molecule has 3 aliphatic rings. The molecule has 2 saturated heterocycles. The Morgan fingerprint density at radius 1 is 0.947 bits per heavy atom. The van der Waals surface area contributed by atoms with E-state index < -0.39 is 0 Å². The van der Waals surface area contributed by atoms with E-state index in [0.29, 0.717) is 12.2 Å². The van der Waals surface area contributed by atoms with Crippen molar-refractivity contribution in [2.45, 2.75) is 70.7 Å². The van der Waals surface area contributed by atoms with Gasteiger partial charge >= 0.3 is 0 Å². The van der Waals surface area contributed by atoms with Gasteiger partial charge in [-0.3, -0.25) is 0 Å². The molecule has 1 saturated carbocycles. The first-order valence-electron chi connectivity index (χ1n) is 7.75. The molecule has 0 radical (unpaired) electrons. The highest BCUT2D eigenvalue weighted by Crippen LogP contribution is 2.16. The topological polar surface area (TPSA) is 54.5 Å². The zero-order valence-electron chi connectivity index (χ0n) is 12.5. The summed E-state index contributed by atoms with van der Waals surface area (Å²) in [5, 5.41) is 8.91. The van der Waals surface area contributed by atoms with Gasteiger partial charge in [0, 0.05) is 0 Å². The smallest absolute Gasteiger partial charge is 0.104 e. The van der Waals surface area contributed by atoms with Crippen molar-refractivity contribution in [1.82, 2.24) is 0 Å². The highest BCUT2D eigenvalue weighted by atomic mass is 16.6. The van der Waals surface area contributed by atoms with E-state index in [2.05, 4.69) is 13.8 Å². The molecule has 2 atom stereocenters. The van der Waals surface area contributed by atoms with Crippen LogP contribution in [0, 0.1) is 0 Å². The molecular formula is C15H30O4. The summed E-state index contributed by atoms with van der Waals surface area (Å²) in [7, 11) is 0. The van der Waals surface area contributed by atoms with Gasteiger partial charge in [-0.2, -0.15) is 0 Å². The maximum atomic E-state index is 8.91. The fourth-order valence-corrected chi connectivity index (χ4v) is 1.74. The number of epoxide rings is 2. The lowest BCUT2D eigenvalue weighted by Crippen LogP contribution is -2.09. The Morgan fingerprint density at radius 2 is 1.37 bits per heavy atom. The van der Waals surface area contributed by atoms with E-state index in [-0.39, 0.29) is 6.10 Å². The van der Waals surface area contributed by atoms with Crippen LogP contribution in [0.5, 0.6) is 0 Å². The molecule has 1 aliphatic carbocycles. The van der Waals surface area contributed by atoms with Crippen molar-refractivity contribution in [3.63, 3.8) is 0 Å². The van der Waals surface area contributed by atoms with Crippen molar-refractivity contribution in [2.75, 3.05) is 26.4 Å². The number of rotatable bonds is 4. The number of hydrogen-bond donors (Lipinski definition) is 1. The van der Waals surface area contributed by atoms with Crippen molar-refractivity contribution in [2.24, 2.45) is 0 Å². The molecule has 0 bridgehead atoms. The normalized spacial score (nSPS) is 28.6. The van der Waals surface area contributed by atoms with Crippen molar-refractivity contribution >= 4 is 0 Å². The second kappa shape index (κ2) is 10.6. The summed E-state index contributed by atoms with van der Waals surface area (Å²) in [4.78, 5) is 0. The molecule has 3 fully saturated rings. The first kappa shape index (κ1) is 16.9. The minimum absolute atomic E-state index is 0.0359. The monoisotopic (exact) mass is 274 g/mol. The maximum absolute atomic E-state index is 8.91. The predicted molar refractivity (Wildman–Crippen MR) is 75.4 cm³/mol. The van der Waals surface area contributed by atoms with Crippen LogP contribution in [0.2, 0.25) is 0 Å². The Morgan fingerprint density at radius 3 is 1.63 bits per heavy atom. The Kier molecular flexibility index (Phi) is 9.43. The number of aliphatic hydroxyl groups excluding tert-OH is 1. The van der Waals surface area contributed by atoms with E-state index in [1.165, 1.54) is 25.7 Å². The Balaban J connectivity index is 0.000000162. The molecule has 2 aliphatic heterocycles. The van der Waals surface area contributed by atoms with Gasteiger partial charge in [0.2, 0.25) is 0 Å². The van der Waals surface area contributed by atoms with E-state index in [1.54, 1.807) is 0 Å². The third-order valence-corrected chi connectivity index (χ3v) is 2.99. The van der Waals surface area contributed by atoms with Gasteiger partial charge in [0.05, 0.1) is 32.5 Å². The molecule has 0 aromatic carbocycles. The molecule has 2 heterocycles. The van der Waals surface area contributed by atoms with E-state index in [9.17, 15) is 0 Å². The molecule has 0 aromatic heterocycles. The molecule has 1 N–H and O–H groups in total. The van der Waals surface area contributed by atoms with Gasteiger partial charge in [0.15, 0.2) is 0 Å². The Bertz CT molecular complexity index is 184.